The molecule has 0 N–H and O–H groups in total. The molecule has 7 nitrogen and oxygen atoms in total. The minimum Gasteiger partial charge on any atom is -0.491 e. The fourth-order valence-electron chi connectivity index (χ4n) is 3.52. The molecule has 0 amide bonds. The molecule has 40 heavy (non-hydrogen) atoms. The number of thioether (sulfide) groups is 4. The minimum absolute atomic E-state index is 0.101. The Balaban J connectivity index is 2.24. The molecule has 0 atom stereocenters. The zero-order chi connectivity index (χ0) is 29.8. The summed E-state index contributed by atoms with van der Waals surface area (Å²) in [5.41, 5.74) is -1.20. The summed E-state index contributed by atoms with van der Waals surface area (Å²) in [5, 5.41) is 9.98. The molecule has 0 bridgehead atoms. The highest BCUT2D eigenvalue weighted by Gasteiger charge is 2.41. The van der Waals surface area contributed by atoms with E-state index < -0.39 is 10.8 Å². The van der Waals surface area contributed by atoms with Gasteiger partial charge in [-0.1, -0.05) is 95.5 Å². The Kier molecular flexibility index (Phi) is 10.8. The second kappa shape index (κ2) is 13.3. The van der Waals surface area contributed by atoms with Crippen molar-refractivity contribution >= 4 is 58.6 Å². The second-order valence-electron chi connectivity index (χ2n) is 11.0. The number of ether oxygens (including phenoxy) is 3. The number of hydrogen-bond acceptors (Lipinski definition) is 10. The summed E-state index contributed by atoms with van der Waals surface area (Å²) >= 11 is 5.34. The number of rotatable bonds is 10. The maximum atomic E-state index is 13.2. The lowest BCUT2D eigenvalue weighted by molar-refractivity contribution is -0.122. The van der Waals surface area contributed by atoms with Crippen LogP contribution in [0, 0.1) is 28.7 Å². The molecule has 2 aliphatic rings. The van der Waals surface area contributed by atoms with E-state index in [4.69, 9.17) is 20.8 Å². The minimum atomic E-state index is -0.713. The van der Waals surface area contributed by atoms with E-state index >= 15 is 0 Å². The first-order valence-corrected chi connectivity index (χ1v) is 16.2. The highest BCUT2D eigenvalue weighted by Crippen LogP contribution is 2.68. The van der Waals surface area contributed by atoms with Gasteiger partial charge in [-0.05, 0) is 13.3 Å². The molecule has 0 fully saturated rings. The molecule has 3 rings (SSSR count). The van der Waals surface area contributed by atoms with E-state index in [1.165, 1.54) is 47.0 Å². The summed E-state index contributed by atoms with van der Waals surface area (Å²) < 4.78 is 19.3. The van der Waals surface area contributed by atoms with Gasteiger partial charge in [-0.3, -0.25) is 4.79 Å². The quantitative estimate of drug-likeness (QED) is 0.110. The van der Waals surface area contributed by atoms with Crippen molar-refractivity contribution in [3.05, 3.63) is 31.2 Å². The van der Waals surface area contributed by atoms with Crippen LogP contribution in [0.25, 0.3) is 4.85 Å². The highest BCUT2D eigenvalue weighted by atomic mass is 32.2. The zero-order valence-electron chi connectivity index (χ0n) is 24.1. The molecule has 0 radical (unpaired) electrons. The van der Waals surface area contributed by atoms with Gasteiger partial charge in [0.25, 0.3) is 0 Å². The number of benzene rings is 1. The molecule has 0 spiro atoms. The topological polar surface area (TPSA) is 90.0 Å². The first-order valence-electron chi connectivity index (χ1n) is 12.9. The van der Waals surface area contributed by atoms with Crippen LogP contribution in [0.3, 0.4) is 0 Å². The predicted molar refractivity (Wildman–Crippen MR) is 163 cm³/mol. The van der Waals surface area contributed by atoms with Crippen molar-refractivity contribution < 1.29 is 23.8 Å². The third kappa shape index (κ3) is 6.88. The molecule has 0 saturated carbocycles. The maximum absolute atomic E-state index is 13.2. The normalized spacial score (nSPS) is 16.9. The molecule has 11 heteroatoms. The fraction of sp³-hybridized carbons (Fsp3) is 0.517. The van der Waals surface area contributed by atoms with Gasteiger partial charge >= 0.3 is 0 Å². The number of allylic oxidation sites excluding steroid dienone is 2. The van der Waals surface area contributed by atoms with Gasteiger partial charge in [0, 0.05) is 17.4 Å². The molecule has 0 saturated heterocycles. The van der Waals surface area contributed by atoms with E-state index in [1.54, 1.807) is 41.5 Å². The zero-order valence-corrected chi connectivity index (χ0v) is 27.4. The molecule has 0 aromatic heterocycles. The number of nitriles is 1. The number of ketones is 2. The Morgan fingerprint density at radius 3 is 1.68 bits per heavy atom. The number of fused-ring (bicyclic) bond motifs is 2. The van der Waals surface area contributed by atoms with Gasteiger partial charge in [-0.15, -0.1) is 0 Å². The maximum Gasteiger partial charge on any atom is 0.249 e. The van der Waals surface area contributed by atoms with Crippen LogP contribution in [0.2, 0.25) is 0 Å². The molecule has 0 unspecified atom stereocenters. The van der Waals surface area contributed by atoms with E-state index in [0.717, 1.165) is 26.0 Å². The van der Waals surface area contributed by atoms with Crippen LogP contribution < -0.4 is 9.47 Å². The van der Waals surface area contributed by atoms with Crippen molar-refractivity contribution in [3.8, 4) is 17.6 Å². The molecule has 1 aromatic rings. The number of hydrogen-bond donors (Lipinski definition) is 0. The van der Waals surface area contributed by atoms with Crippen molar-refractivity contribution in [3.63, 3.8) is 0 Å². The molecule has 2 aliphatic heterocycles. The highest BCUT2D eigenvalue weighted by molar-refractivity contribution is 8.26. The van der Waals surface area contributed by atoms with Gasteiger partial charge in [-0.25, -0.2) is 4.85 Å². The summed E-state index contributed by atoms with van der Waals surface area (Å²) in [7, 11) is 0. The Labute approximate surface area is 254 Å². The third-order valence-electron chi connectivity index (χ3n) is 5.57. The number of carbonyl (C=O) groups excluding carboxylic acids is 2. The van der Waals surface area contributed by atoms with Crippen LogP contribution in [-0.2, 0) is 14.3 Å². The Hall–Kier alpha value is -2.02. The monoisotopic (exact) mass is 618 g/mol. The summed E-state index contributed by atoms with van der Waals surface area (Å²) in [5.74, 6) is 0.760. The summed E-state index contributed by atoms with van der Waals surface area (Å²) in [6.07, 6.45) is 0.777. The Morgan fingerprint density at radius 2 is 1.27 bits per heavy atom. The van der Waals surface area contributed by atoms with Gasteiger partial charge in [0.15, 0.2) is 11.6 Å². The van der Waals surface area contributed by atoms with E-state index in [0.29, 0.717) is 46.4 Å². The van der Waals surface area contributed by atoms with Gasteiger partial charge in [-0.2, -0.15) is 5.26 Å². The third-order valence-corrected chi connectivity index (χ3v) is 10.7. The van der Waals surface area contributed by atoms with Crippen LogP contribution in [0.5, 0.6) is 11.5 Å². The van der Waals surface area contributed by atoms with Crippen LogP contribution in [0.1, 0.15) is 61.8 Å². The summed E-state index contributed by atoms with van der Waals surface area (Å²) in [6, 6.07) is 2.14. The lowest BCUT2D eigenvalue weighted by Gasteiger charge is -2.18. The standard InChI is InChI=1S/C29H34N2O5S4/c1-10-12-35-18-20-21(38-26(37-20)16(15-30)24(32)28(3,4)5)19(36-14-13-34-11-2)23-22(18)39-27(40-23)17(31-9)25(33)29(6,7)8/h10-14H2,1-8H3/b26-16+,27-17+. The van der Waals surface area contributed by atoms with Crippen molar-refractivity contribution in [2.75, 3.05) is 26.4 Å². The average molecular weight is 619 g/mol. The molecule has 1 aromatic carbocycles. The first kappa shape index (κ1) is 32.5. The number of nitrogens with zero attached hydrogens (tertiary/aromatic N) is 2. The molecule has 0 aliphatic carbocycles. The van der Waals surface area contributed by atoms with Crippen LogP contribution in [0.4, 0.5) is 0 Å². The Bertz CT molecular complexity index is 1260. The van der Waals surface area contributed by atoms with Gasteiger partial charge < -0.3 is 19.0 Å². The van der Waals surface area contributed by atoms with Crippen LogP contribution >= 0.6 is 47.0 Å². The molecular formula is C29H34N2O5S4. The van der Waals surface area contributed by atoms with E-state index in [-0.39, 0.29) is 22.8 Å². The van der Waals surface area contributed by atoms with Crippen molar-refractivity contribution in [1.82, 2.24) is 0 Å². The van der Waals surface area contributed by atoms with Crippen molar-refractivity contribution in [2.45, 2.75) is 81.4 Å². The number of Topliss-reactive ketones (excluding diaryl/α,β-unsaturated/α-hetero) is 2. The second-order valence-corrected chi connectivity index (χ2v) is 15.6. The first-order chi connectivity index (χ1) is 18.8. The smallest absolute Gasteiger partial charge is 0.249 e. The van der Waals surface area contributed by atoms with Crippen molar-refractivity contribution in [1.29, 1.82) is 5.26 Å². The van der Waals surface area contributed by atoms with E-state index in [2.05, 4.69) is 10.9 Å². The number of carbonyl (C=O) groups is 2. The average Bonchev–Trinajstić information content (AvgIpc) is 3.50. The predicted octanol–water partition coefficient (Wildman–Crippen LogP) is 8.34. The van der Waals surface area contributed by atoms with Crippen LogP contribution in [-0.4, -0.2) is 38.0 Å². The SMILES string of the molecule is [C-]#[N+]/C(C(=O)C(C)(C)C)=C1\Sc2c(OCCC)c3c(c(OCCOCC)c2S1)S/C(=C(\C#N)C(=O)C(C)(C)C)S3. The fourth-order valence-corrected chi connectivity index (χ4v) is 8.93. The van der Waals surface area contributed by atoms with E-state index in [9.17, 15) is 14.9 Å². The molecular weight excluding hydrogens is 585 g/mol. The summed E-state index contributed by atoms with van der Waals surface area (Å²) in [6.45, 7) is 24.2. The van der Waals surface area contributed by atoms with Gasteiger partial charge in [0.1, 0.15) is 29.7 Å². The van der Waals surface area contributed by atoms with Crippen LogP contribution in [0.15, 0.2) is 39.3 Å². The van der Waals surface area contributed by atoms with Gasteiger partial charge in [0.2, 0.25) is 5.70 Å². The molecule has 2 heterocycles. The largest absolute Gasteiger partial charge is 0.491 e. The van der Waals surface area contributed by atoms with Gasteiger partial charge in [0.05, 0.1) is 47.8 Å². The Morgan fingerprint density at radius 1 is 0.800 bits per heavy atom. The summed E-state index contributed by atoms with van der Waals surface area (Å²) in [4.78, 5) is 33.0. The lowest BCUT2D eigenvalue weighted by Crippen LogP contribution is -2.21. The lowest BCUT2D eigenvalue weighted by atomic mass is 9.87. The molecule has 214 valence electrons. The van der Waals surface area contributed by atoms with Crippen molar-refractivity contribution in [2.24, 2.45) is 10.8 Å². The van der Waals surface area contributed by atoms with E-state index in [1.807, 2.05) is 13.8 Å².